The number of benzene rings is 1. The van der Waals surface area contributed by atoms with Crippen LogP contribution in [0.1, 0.15) is 38.8 Å². The molecule has 0 aliphatic carbocycles. The lowest BCUT2D eigenvalue weighted by molar-refractivity contribution is -0.119. The Labute approximate surface area is 127 Å². The van der Waals surface area contributed by atoms with Crippen LogP contribution < -0.4 is 10.8 Å². The van der Waals surface area contributed by atoms with Crippen molar-refractivity contribution in [2.45, 2.75) is 52.2 Å². The summed E-state index contributed by atoms with van der Waals surface area (Å²) in [5.41, 5.74) is 2.41. The SMILES string of the molecule is CNC(=O)Cc1ccc(B2OC(C)(C)C(C)(C)O2)c(C)c1. The molecule has 5 heteroatoms. The van der Waals surface area contributed by atoms with Crippen molar-refractivity contribution in [3.63, 3.8) is 0 Å². The van der Waals surface area contributed by atoms with E-state index in [0.717, 1.165) is 16.6 Å². The van der Waals surface area contributed by atoms with Gasteiger partial charge in [-0.2, -0.15) is 0 Å². The third-order valence-electron chi connectivity index (χ3n) is 4.48. The maximum Gasteiger partial charge on any atom is 0.495 e. The number of hydrogen-bond acceptors (Lipinski definition) is 3. The van der Waals surface area contributed by atoms with E-state index >= 15 is 0 Å². The fourth-order valence-electron chi connectivity index (χ4n) is 2.36. The molecule has 1 aliphatic heterocycles. The second kappa shape index (κ2) is 5.46. The van der Waals surface area contributed by atoms with E-state index in [4.69, 9.17) is 9.31 Å². The summed E-state index contributed by atoms with van der Waals surface area (Å²) in [6, 6.07) is 5.98. The van der Waals surface area contributed by atoms with Gasteiger partial charge in [-0.1, -0.05) is 23.8 Å². The Morgan fingerprint density at radius 2 is 1.76 bits per heavy atom. The smallest absolute Gasteiger partial charge is 0.399 e. The molecule has 0 radical (unpaired) electrons. The van der Waals surface area contributed by atoms with Crippen LogP contribution in [0, 0.1) is 6.92 Å². The number of rotatable bonds is 3. The molecule has 1 heterocycles. The van der Waals surface area contributed by atoms with Crippen molar-refractivity contribution in [3.8, 4) is 0 Å². The predicted octanol–water partition coefficient (Wildman–Crippen LogP) is 1.58. The van der Waals surface area contributed by atoms with Crippen LogP contribution in [0.3, 0.4) is 0 Å². The van der Waals surface area contributed by atoms with Gasteiger partial charge in [-0.3, -0.25) is 4.79 Å². The number of hydrogen-bond donors (Lipinski definition) is 1. The number of carbonyl (C=O) groups is 1. The van der Waals surface area contributed by atoms with Gasteiger partial charge in [-0.25, -0.2) is 0 Å². The maximum absolute atomic E-state index is 11.4. The molecule has 1 amide bonds. The Hall–Kier alpha value is -1.33. The van der Waals surface area contributed by atoms with Crippen LogP contribution in [-0.2, 0) is 20.5 Å². The molecule has 0 spiro atoms. The van der Waals surface area contributed by atoms with Crippen LogP contribution in [0.2, 0.25) is 0 Å². The van der Waals surface area contributed by atoms with Crippen molar-refractivity contribution in [2.24, 2.45) is 0 Å². The zero-order chi connectivity index (χ0) is 15.8. The highest BCUT2D eigenvalue weighted by Crippen LogP contribution is 2.36. The molecular weight excluding hydrogens is 265 g/mol. The topological polar surface area (TPSA) is 47.6 Å². The van der Waals surface area contributed by atoms with Crippen molar-refractivity contribution >= 4 is 18.5 Å². The highest BCUT2D eigenvalue weighted by atomic mass is 16.7. The molecule has 4 nitrogen and oxygen atoms in total. The monoisotopic (exact) mass is 289 g/mol. The summed E-state index contributed by atoms with van der Waals surface area (Å²) in [6.07, 6.45) is 0.390. The van der Waals surface area contributed by atoms with E-state index in [2.05, 4.69) is 5.32 Å². The third-order valence-corrected chi connectivity index (χ3v) is 4.48. The highest BCUT2D eigenvalue weighted by molar-refractivity contribution is 6.62. The quantitative estimate of drug-likeness (QED) is 0.860. The van der Waals surface area contributed by atoms with Gasteiger partial charge in [0.2, 0.25) is 5.91 Å². The summed E-state index contributed by atoms with van der Waals surface area (Å²) in [6.45, 7) is 10.2. The molecule has 1 N–H and O–H groups in total. The first-order chi connectivity index (χ1) is 9.66. The lowest BCUT2D eigenvalue weighted by Gasteiger charge is -2.32. The number of nitrogens with one attached hydrogen (secondary N) is 1. The van der Waals surface area contributed by atoms with Crippen molar-refractivity contribution in [1.82, 2.24) is 5.32 Å². The lowest BCUT2D eigenvalue weighted by atomic mass is 9.75. The summed E-state index contributed by atoms with van der Waals surface area (Å²) in [4.78, 5) is 11.4. The Bertz CT molecular complexity index is 538. The molecule has 21 heavy (non-hydrogen) atoms. The minimum absolute atomic E-state index is 0.0118. The molecule has 1 aliphatic rings. The van der Waals surface area contributed by atoms with Gasteiger partial charge in [-0.05, 0) is 45.6 Å². The van der Waals surface area contributed by atoms with Gasteiger partial charge >= 0.3 is 7.12 Å². The summed E-state index contributed by atoms with van der Waals surface area (Å²) < 4.78 is 12.1. The van der Waals surface area contributed by atoms with Crippen LogP contribution in [0.4, 0.5) is 0 Å². The van der Waals surface area contributed by atoms with E-state index in [1.54, 1.807) is 7.05 Å². The number of aryl methyl sites for hydroxylation is 1. The Kier molecular flexibility index (Phi) is 4.18. The summed E-state index contributed by atoms with van der Waals surface area (Å²) in [5, 5.41) is 2.64. The first-order valence-corrected chi connectivity index (χ1v) is 7.32. The average molecular weight is 289 g/mol. The van der Waals surface area contributed by atoms with Gasteiger partial charge in [0.25, 0.3) is 0 Å². The minimum Gasteiger partial charge on any atom is -0.399 e. The first-order valence-electron chi connectivity index (χ1n) is 7.32. The summed E-state index contributed by atoms with van der Waals surface area (Å²) in [7, 11) is 1.29. The van der Waals surface area contributed by atoms with E-state index in [0.29, 0.717) is 6.42 Å². The minimum atomic E-state index is -0.357. The standard InChI is InChI=1S/C16H24BNO3/c1-11-9-12(10-14(19)18-6)7-8-13(11)17-20-15(2,3)16(4,5)21-17/h7-9H,10H2,1-6H3,(H,18,19). The second-order valence-electron chi connectivity index (χ2n) is 6.63. The highest BCUT2D eigenvalue weighted by Gasteiger charge is 2.51. The Balaban J connectivity index is 2.21. The summed E-state index contributed by atoms with van der Waals surface area (Å²) in [5.74, 6) is 0.0118. The van der Waals surface area contributed by atoms with Crippen molar-refractivity contribution in [1.29, 1.82) is 0 Å². The van der Waals surface area contributed by atoms with E-state index < -0.39 is 0 Å². The average Bonchev–Trinajstić information content (AvgIpc) is 2.58. The van der Waals surface area contributed by atoms with Crippen molar-refractivity contribution in [2.75, 3.05) is 7.05 Å². The van der Waals surface area contributed by atoms with Crippen molar-refractivity contribution in [3.05, 3.63) is 29.3 Å². The molecule has 0 unspecified atom stereocenters. The largest absolute Gasteiger partial charge is 0.495 e. The van der Waals surface area contributed by atoms with Crippen LogP contribution in [0.15, 0.2) is 18.2 Å². The van der Waals surface area contributed by atoms with Crippen LogP contribution in [0.25, 0.3) is 0 Å². The molecule has 2 rings (SSSR count). The van der Waals surface area contributed by atoms with Crippen LogP contribution in [0.5, 0.6) is 0 Å². The van der Waals surface area contributed by atoms with E-state index in [1.165, 1.54) is 0 Å². The molecule has 0 atom stereocenters. The van der Waals surface area contributed by atoms with Gasteiger partial charge < -0.3 is 14.6 Å². The van der Waals surface area contributed by atoms with Crippen LogP contribution >= 0.6 is 0 Å². The first kappa shape index (κ1) is 16.1. The van der Waals surface area contributed by atoms with E-state index in [1.807, 2.05) is 52.8 Å². The molecule has 1 fully saturated rings. The molecule has 1 aromatic carbocycles. The normalized spacial score (nSPS) is 19.6. The van der Waals surface area contributed by atoms with Crippen molar-refractivity contribution < 1.29 is 14.1 Å². The molecular formula is C16H24BNO3. The molecule has 114 valence electrons. The van der Waals surface area contributed by atoms with Gasteiger partial charge in [-0.15, -0.1) is 0 Å². The van der Waals surface area contributed by atoms with E-state index in [-0.39, 0.29) is 24.2 Å². The maximum atomic E-state index is 11.4. The lowest BCUT2D eigenvalue weighted by Crippen LogP contribution is -2.41. The fourth-order valence-corrected chi connectivity index (χ4v) is 2.36. The molecule has 0 aromatic heterocycles. The van der Waals surface area contributed by atoms with Gasteiger partial charge in [0.05, 0.1) is 17.6 Å². The van der Waals surface area contributed by atoms with Gasteiger partial charge in [0.15, 0.2) is 0 Å². The number of carbonyl (C=O) groups excluding carboxylic acids is 1. The van der Waals surface area contributed by atoms with Crippen LogP contribution in [-0.4, -0.2) is 31.3 Å². The number of amides is 1. The van der Waals surface area contributed by atoms with Gasteiger partial charge in [0, 0.05) is 7.05 Å². The number of likely N-dealkylation sites (N-methyl/N-ethyl adjacent to an activating group) is 1. The third kappa shape index (κ3) is 3.14. The zero-order valence-electron chi connectivity index (χ0n) is 13.7. The molecule has 0 saturated carbocycles. The predicted molar refractivity (Wildman–Crippen MR) is 84.7 cm³/mol. The molecule has 0 bridgehead atoms. The fraction of sp³-hybridized carbons (Fsp3) is 0.562. The molecule has 1 aromatic rings. The van der Waals surface area contributed by atoms with E-state index in [9.17, 15) is 4.79 Å². The Morgan fingerprint density at radius 1 is 1.19 bits per heavy atom. The van der Waals surface area contributed by atoms with Gasteiger partial charge in [0.1, 0.15) is 0 Å². The Morgan fingerprint density at radius 3 is 2.24 bits per heavy atom. The summed E-state index contributed by atoms with van der Waals surface area (Å²) >= 11 is 0. The molecule has 1 saturated heterocycles. The zero-order valence-corrected chi connectivity index (χ0v) is 13.7. The second-order valence-corrected chi connectivity index (χ2v) is 6.63.